The van der Waals surface area contributed by atoms with Gasteiger partial charge >= 0.3 is 12.0 Å². The van der Waals surface area contributed by atoms with Gasteiger partial charge < -0.3 is 15.3 Å². The number of benzene rings is 1. The molecule has 2 rings (SSSR count). The van der Waals surface area contributed by atoms with Crippen molar-refractivity contribution in [3.63, 3.8) is 0 Å². The Bertz CT molecular complexity index is 562. The third-order valence-corrected chi connectivity index (χ3v) is 4.16. The molecule has 2 atom stereocenters. The van der Waals surface area contributed by atoms with Gasteiger partial charge in [-0.25, -0.2) is 9.59 Å². The van der Waals surface area contributed by atoms with Crippen molar-refractivity contribution in [3.05, 3.63) is 28.8 Å². The lowest BCUT2D eigenvalue weighted by molar-refractivity contribution is 0.0697. The van der Waals surface area contributed by atoms with Crippen LogP contribution in [0.1, 0.15) is 37.0 Å². The molecule has 2 unspecified atom stereocenters. The predicted octanol–water partition coefficient (Wildman–Crippen LogP) is 3.69. The summed E-state index contributed by atoms with van der Waals surface area (Å²) in [6.45, 7) is 4.86. The summed E-state index contributed by atoms with van der Waals surface area (Å²) < 4.78 is 0. The largest absolute Gasteiger partial charge is 0.478 e. The Morgan fingerprint density at radius 2 is 2.05 bits per heavy atom. The molecule has 114 valence electrons. The first-order valence-electron chi connectivity index (χ1n) is 6.99. The van der Waals surface area contributed by atoms with Crippen molar-refractivity contribution < 1.29 is 14.7 Å². The second-order valence-corrected chi connectivity index (χ2v) is 6.02. The van der Waals surface area contributed by atoms with Crippen molar-refractivity contribution in [2.24, 2.45) is 5.92 Å². The predicted molar refractivity (Wildman–Crippen MR) is 82.0 cm³/mol. The number of urea groups is 1. The smallest absolute Gasteiger partial charge is 0.337 e. The Morgan fingerprint density at radius 3 is 2.71 bits per heavy atom. The van der Waals surface area contributed by atoms with Crippen LogP contribution in [0, 0.1) is 5.92 Å². The van der Waals surface area contributed by atoms with Crippen LogP contribution < -0.4 is 5.32 Å². The van der Waals surface area contributed by atoms with E-state index in [1.54, 1.807) is 11.0 Å². The van der Waals surface area contributed by atoms with Crippen LogP contribution in [0.25, 0.3) is 0 Å². The molecule has 5 nitrogen and oxygen atoms in total. The van der Waals surface area contributed by atoms with Crippen LogP contribution in [-0.2, 0) is 0 Å². The number of likely N-dealkylation sites (tertiary alicyclic amines) is 1. The minimum atomic E-state index is -1.11. The summed E-state index contributed by atoms with van der Waals surface area (Å²) in [5, 5.41) is 11.9. The Morgan fingerprint density at radius 1 is 1.33 bits per heavy atom. The normalized spacial score (nSPS) is 22.0. The van der Waals surface area contributed by atoms with Crippen LogP contribution in [-0.4, -0.2) is 34.6 Å². The highest BCUT2D eigenvalue weighted by Crippen LogP contribution is 2.24. The van der Waals surface area contributed by atoms with Gasteiger partial charge in [0.25, 0.3) is 0 Å². The van der Waals surface area contributed by atoms with E-state index < -0.39 is 5.97 Å². The maximum atomic E-state index is 12.3. The highest BCUT2D eigenvalue weighted by molar-refractivity contribution is 6.33. The topological polar surface area (TPSA) is 69.6 Å². The fourth-order valence-corrected chi connectivity index (χ4v) is 2.73. The van der Waals surface area contributed by atoms with Gasteiger partial charge in [0.2, 0.25) is 0 Å². The average Bonchev–Trinajstić information content (AvgIpc) is 2.43. The van der Waals surface area contributed by atoms with Gasteiger partial charge in [0, 0.05) is 18.3 Å². The molecule has 0 aliphatic carbocycles. The van der Waals surface area contributed by atoms with Gasteiger partial charge in [-0.2, -0.15) is 0 Å². The summed E-state index contributed by atoms with van der Waals surface area (Å²) >= 11 is 5.81. The highest BCUT2D eigenvalue weighted by Gasteiger charge is 2.27. The van der Waals surface area contributed by atoms with Crippen LogP contribution in [0.3, 0.4) is 0 Å². The van der Waals surface area contributed by atoms with Crippen molar-refractivity contribution >= 4 is 29.3 Å². The number of aromatic carboxylic acids is 1. The molecule has 0 aromatic heterocycles. The number of anilines is 1. The van der Waals surface area contributed by atoms with Gasteiger partial charge in [-0.1, -0.05) is 18.5 Å². The summed E-state index contributed by atoms with van der Waals surface area (Å²) in [4.78, 5) is 25.2. The van der Waals surface area contributed by atoms with Crippen LogP contribution in [0.2, 0.25) is 5.02 Å². The van der Waals surface area contributed by atoms with Gasteiger partial charge in [0.15, 0.2) is 0 Å². The second kappa shape index (κ2) is 6.35. The van der Waals surface area contributed by atoms with Gasteiger partial charge in [-0.15, -0.1) is 0 Å². The Balaban J connectivity index is 2.12. The first-order valence-corrected chi connectivity index (χ1v) is 7.36. The molecule has 0 radical (unpaired) electrons. The van der Waals surface area contributed by atoms with Crippen LogP contribution in [0.5, 0.6) is 0 Å². The van der Waals surface area contributed by atoms with Gasteiger partial charge in [0.1, 0.15) is 0 Å². The summed E-state index contributed by atoms with van der Waals surface area (Å²) in [7, 11) is 0. The number of carboxylic acids is 1. The maximum Gasteiger partial charge on any atom is 0.337 e. The number of halogens is 1. The third kappa shape index (κ3) is 3.67. The van der Waals surface area contributed by atoms with Crippen LogP contribution >= 0.6 is 11.6 Å². The molecule has 0 spiro atoms. The Kier molecular flexibility index (Phi) is 4.73. The van der Waals surface area contributed by atoms with Crippen molar-refractivity contribution in [1.29, 1.82) is 0 Å². The zero-order chi connectivity index (χ0) is 15.6. The number of amides is 2. The zero-order valence-electron chi connectivity index (χ0n) is 12.1. The second-order valence-electron chi connectivity index (χ2n) is 5.61. The maximum absolute atomic E-state index is 12.3. The molecule has 2 amide bonds. The van der Waals surface area contributed by atoms with E-state index in [0.717, 1.165) is 12.8 Å². The molecule has 6 heteroatoms. The molecule has 1 aromatic carbocycles. The van der Waals surface area contributed by atoms with E-state index in [0.29, 0.717) is 18.2 Å². The van der Waals surface area contributed by atoms with Gasteiger partial charge in [-0.05, 0) is 43.9 Å². The van der Waals surface area contributed by atoms with Gasteiger partial charge in [-0.3, -0.25) is 0 Å². The molecule has 1 aliphatic rings. The van der Waals surface area contributed by atoms with Gasteiger partial charge in [0.05, 0.1) is 10.6 Å². The molecular weight excluding hydrogens is 292 g/mol. The fraction of sp³-hybridized carbons (Fsp3) is 0.467. The lowest BCUT2D eigenvalue weighted by Crippen LogP contribution is -2.46. The molecular formula is C15H19ClN2O3. The number of nitrogens with one attached hydrogen (secondary N) is 1. The Labute approximate surface area is 128 Å². The monoisotopic (exact) mass is 310 g/mol. The van der Waals surface area contributed by atoms with E-state index in [-0.39, 0.29) is 22.7 Å². The van der Waals surface area contributed by atoms with Crippen molar-refractivity contribution in [1.82, 2.24) is 4.90 Å². The van der Waals surface area contributed by atoms with Crippen LogP contribution in [0.15, 0.2) is 18.2 Å². The molecule has 1 fully saturated rings. The first kappa shape index (κ1) is 15.6. The lowest BCUT2D eigenvalue weighted by atomic mass is 9.95. The molecule has 0 saturated carbocycles. The van der Waals surface area contributed by atoms with E-state index in [4.69, 9.17) is 16.7 Å². The summed E-state index contributed by atoms with van der Waals surface area (Å²) in [5.74, 6) is -0.636. The molecule has 1 heterocycles. The third-order valence-electron chi connectivity index (χ3n) is 3.83. The standard InChI is InChI=1S/C15H19ClN2O3/c1-9-3-4-10(2)18(8-9)15(21)17-11-5-6-13(16)12(7-11)14(19)20/h5-7,9-10H,3-4,8H2,1-2H3,(H,17,21)(H,19,20). The van der Waals surface area contributed by atoms with E-state index >= 15 is 0 Å². The fourth-order valence-electron chi connectivity index (χ4n) is 2.53. The summed E-state index contributed by atoms with van der Waals surface area (Å²) in [5.41, 5.74) is 0.418. The first-order chi connectivity index (χ1) is 9.88. The molecule has 1 aromatic rings. The highest BCUT2D eigenvalue weighted by atomic mass is 35.5. The quantitative estimate of drug-likeness (QED) is 0.875. The zero-order valence-corrected chi connectivity index (χ0v) is 12.9. The van der Waals surface area contributed by atoms with Crippen molar-refractivity contribution in [2.75, 3.05) is 11.9 Å². The molecule has 21 heavy (non-hydrogen) atoms. The van der Waals surface area contributed by atoms with E-state index in [1.165, 1.54) is 12.1 Å². The molecule has 2 N–H and O–H groups in total. The Hall–Kier alpha value is -1.75. The molecule has 1 aliphatic heterocycles. The minimum Gasteiger partial charge on any atom is -0.478 e. The summed E-state index contributed by atoms with van der Waals surface area (Å²) in [6.07, 6.45) is 2.10. The average molecular weight is 311 g/mol. The van der Waals surface area contributed by atoms with Crippen LogP contribution in [0.4, 0.5) is 10.5 Å². The number of rotatable bonds is 2. The lowest BCUT2D eigenvalue weighted by Gasteiger charge is -2.36. The number of piperidine rings is 1. The molecule has 0 bridgehead atoms. The number of hydrogen-bond acceptors (Lipinski definition) is 2. The number of carbonyl (C=O) groups excluding carboxylic acids is 1. The van der Waals surface area contributed by atoms with Crippen molar-refractivity contribution in [3.8, 4) is 0 Å². The minimum absolute atomic E-state index is 0.0190. The number of nitrogens with zero attached hydrogens (tertiary/aromatic N) is 1. The summed E-state index contributed by atoms with van der Waals surface area (Å²) in [6, 6.07) is 4.44. The van der Waals surface area contributed by atoms with E-state index in [1.807, 2.05) is 6.92 Å². The van der Waals surface area contributed by atoms with E-state index in [2.05, 4.69) is 12.2 Å². The number of carboxylic acid groups (broad SMARTS) is 1. The number of carbonyl (C=O) groups is 2. The van der Waals surface area contributed by atoms with Crippen molar-refractivity contribution in [2.45, 2.75) is 32.7 Å². The number of hydrogen-bond donors (Lipinski definition) is 2. The van der Waals surface area contributed by atoms with E-state index in [9.17, 15) is 9.59 Å². The SMILES string of the molecule is CC1CCC(C)N(C(=O)Nc2ccc(Cl)c(C(=O)O)c2)C1. The molecule has 1 saturated heterocycles.